The molecule has 10 heteroatoms. The van der Waals surface area contributed by atoms with E-state index in [0.29, 0.717) is 0 Å². The molecule has 2 N–H and O–H groups in total. The van der Waals surface area contributed by atoms with Gasteiger partial charge in [0.05, 0.1) is 11.8 Å². The molecular weight excluding hydrogens is 360 g/mol. The predicted octanol–water partition coefficient (Wildman–Crippen LogP) is 3.36. The molecule has 0 radical (unpaired) electrons. The number of benzene rings is 2. The molecular formula is C16H12F4N2O4. The minimum atomic E-state index is -3.21. The summed E-state index contributed by atoms with van der Waals surface area (Å²) in [6.45, 7) is -6.34. The molecule has 0 heterocycles. The highest BCUT2D eigenvalue weighted by molar-refractivity contribution is 5.97. The highest BCUT2D eigenvalue weighted by Crippen LogP contribution is 2.26. The maximum Gasteiger partial charge on any atom is 0.387 e. The van der Waals surface area contributed by atoms with Gasteiger partial charge in [-0.1, -0.05) is 12.1 Å². The number of carbonyl (C=O) groups excluding carboxylic acids is 1. The van der Waals surface area contributed by atoms with Crippen molar-refractivity contribution < 1.29 is 36.9 Å². The van der Waals surface area contributed by atoms with Gasteiger partial charge in [0.25, 0.3) is 5.91 Å². The molecule has 138 valence electrons. The quantitative estimate of drug-likeness (QED) is 0.444. The summed E-state index contributed by atoms with van der Waals surface area (Å²) in [6, 6.07) is 8.77. The van der Waals surface area contributed by atoms with E-state index < -0.39 is 24.9 Å². The molecule has 1 amide bonds. The number of nitrogens with one attached hydrogen (secondary N) is 1. The Balaban J connectivity index is 2.15. The minimum absolute atomic E-state index is 0.0236. The van der Waals surface area contributed by atoms with E-state index in [4.69, 9.17) is 0 Å². The molecule has 0 fully saturated rings. The van der Waals surface area contributed by atoms with Gasteiger partial charge in [-0.2, -0.15) is 22.7 Å². The number of hydrogen-bond donors (Lipinski definition) is 2. The standard InChI is InChI=1S/C16H12F4N2O4/c17-15(18)25-10-6-5-9(13(7-10)26-16(19)20)8-21-22-14(24)11-3-1-2-4-12(11)23/h1-8,15-16,23H,(H,22,24)/b21-8+. The van der Waals surface area contributed by atoms with Gasteiger partial charge in [0, 0.05) is 11.6 Å². The van der Waals surface area contributed by atoms with Gasteiger partial charge >= 0.3 is 13.2 Å². The number of phenols is 1. The topological polar surface area (TPSA) is 80.2 Å². The first kappa shape index (κ1) is 19.0. The SMILES string of the molecule is O=C(N/N=C/c1ccc(OC(F)F)cc1OC(F)F)c1ccccc1O. The number of ether oxygens (including phenoxy) is 2. The van der Waals surface area contributed by atoms with Crippen LogP contribution in [0.2, 0.25) is 0 Å². The van der Waals surface area contributed by atoms with Gasteiger partial charge in [-0.05, 0) is 24.3 Å². The second-order valence-corrected chi connectivity index (χ2v) is 4.67. The maximum absolute atomic E-state index is 12.5. The molecule has 2 rings (SSSR count). The number of para-hydroxylation sites is 1. The zero-order chi connectivity index (χ0) is 19.1. The monoisotopic (exact) mass is 372 g/mol. The first-order chi connectivity index (χ1) is 12.4. The molecule has 6 nitrogen and oxygen atoms in total. The van der Waals surface area contributed by atoms with E-state index in [9.17, 15) is 27.5 Å². The smallest absolute Gasteiger partial charge is 0.387 e. The maximum atomic E-state index is 12.5. The van der Waals surface area contributed by atoms with Gasteiger partial charge in [-0.15, -0.1) is 0 Å². The number of phenolic OH excluding ortho intramolecular Hbond substituents is 1. The summed E-state index contributed by atoms with van der Waals surface area (Å²) >= 11 is 0. The van der Waals surface area contributed by atoms with Crippen molar-refractivity contribution >= 4 is 12.1 Å². The molecule has 0 aliphatic heterocycles. The molecule has 0 unspecified atom stereocenters. The van der Waals surface area contributed by atoms with Crippen LogP contribution in [0.25, 0.3) is 0 Å². The first-order valence-corrected chi connectivity index (χ1v) is 7.02. The number of hydrogen-bond acceptors (Lipinski definition) is 5. The van der Waals surface area contributed by atoms with E-state index in [0.717, 1.165) is 24.4 Å². The molecule has 2 aromatic carbocycles. The lowest BCUT2D eigenvalue weighted by Crippen LogP contribution is -2.17. The van der Waals surface area contributed by atoms with Crippen LogP contribution in [0.15, 0.2) is 47.6 Å². The fraction of sp³-hybridized carbons (Fsp3) is 0.125. The number of carbonyl (C=O) groups is 1. The van der Waals surface area contributed by atoms with Gasteiger partial charge in [-0.25, -0.2) is 5.43 Å². The van der Waals surface area contributed by atoms with Crippen molar-refractivity contribution in [3.63, 3.8) is 0 Å². The fourth-order valence-corrected chi connectivity index (χ4v) is 1.88. The second-order valence-electron chi connectivity index (χ2n) is 4.67. The molecule has 0 aliphatic carbocycles. The summed E-state index contributed by atoms with van der Waals surface area (Å²) in [5, 5.41) is 13.1. The molecule has 26 heavy (non-hydrogen) atoms. The van der Waals surface area contributed by atoms with Crippen LogP contribution in [0, 0.1) is 0 Å². The van der Waals surface area contributed by atoms with E-state index in [1.54, 1.807) is 0 Å². The molecule has 0 spiro atoms. The van der Waals surface area contributed by atoms with E-state index in [1.807, 2.05) is 0 Å². The molecule has 2 aromatic rings. The Morgan fingerprint density at radius 3 is 2.42 bits per heavy atom. The van der Waals surface area contributed by atoms with Gasteiger partial charge in [0.15, 0.2) is 0 Å². The van der Waals surface area contributed by atoms with Gasteiger partial charge in [0.2, 0.25) is 0 Å². The van der Waals surface area contributed by atoms with E-state index in [1.165, 1.54) is 24.3 Å². The Morgan fingerprint density at radius 2 is 1.77 bits per heavy atom. The Hall–Kier alpha value is -3.30. The largest absolute Gasteiger partial charge is 0.507 e. The van der Waals surface area contributed by atoms with Crippen molar-refractivity contribution in [2.75, 3.05) is 0 Å². The average molecular weight is 372 g/mol. The molecule has 0 aromatic heterocycles. The lowest BCUT2D eigenvalue weighted by molar-refractivity contribution is -0.0543. The average Bonchev–Trinajstić information content (AvgIpc) is 2.56. The van der Waals surface area contributed by atoms with Crippen molar-refractivity contribution in [1.82, 2.24) is 5.43 Å². The summed E-state index contributed by atoms with van der Waals surface area (Å²) in [7, 11) is 0. The van der Waals surface area contributed by atoms with E-state index >= 15 is 0 Å². The Kier molecular flexibility index (Phi) is 6.36. The zero-order valence-electron chi connectivity index (χ0n) is 12.9. The summed E-state index contributed by atoms with van der Waals surface area (Å²) in [5.74, 6) is -1.87. The van der Waals surface area contributed by atoms with Crippen LogP contribution in [-0.2, 0) is 0 Å². The third kappa shape index (κ3) is 5.36. The second kappa shape index (κ2) is 8.70. The predicted molar refractivity (Wildman–Crippen MR) is 82.9 cm³/mol. The normalized spacial score (nSPS) is 11.2. The number of alkyl halides is 4. The summed E-state index contributed by atoms with van der Waals surface area (Å²) in [5.41, 5.74) is 2.02. The Morgan fingerprint density at radius 1 is 1.08 bits per heavy atom. The van der Waals surface area contributed by atoms with Crippen LogP contribution in [0.4, 0.5) is 17.6 Å². The highest BCUT2D eigenvalue weighted by Gasteiger charge is 2.13. The fourth-order valence-electron chi connectivity index (χ4n) is 1.88. The van der Waals surface area contributed by atoms with Gasteiger partial charge in [0.1, 0.15) is 17.2 Å². The van der Waals surface area contributed by atoms with Crippen LogP contribution < -0.4 is 14.9 Å². The molecule has 0 atom stereocenters. The van der Waals surface area contributed by atoms with Gasteiger partial charge < -0.3 is 14.6 Å². The summed E-state index contributed by atoms with van der Waals surface area (Å²) in [4.78, 5) is 11.9. The summed E-state index contributed by atoms with van der Waals surface area (Å²) < 4.78 is 57.6. The van der Waals surface area contributed by atoms with Crippen LogP contribution in [0.1, 0.15) is 15.9 Å². The molecule has 0 bridgehead atoms. The van der Waals surface area contributed by atoms with Crippen molar-refractivity contribution in [2.24, 2.45) is 5.10 Å². The lowest BCUT2D eigenvalue weighted by Gasteiger charge is -2.10. The third-order valence-electron chi connectivity index (χ3n) is 2.94. The number of halogens is 4. The number of rotatable bonds is 7. The van der Waals surface area contributed by atoms with Crippen LogP contribution in [0.3, 0.4) is 0 Å². The molecule has 0 saturated heterocycles. The van der Waals surface area contributed by atoms with E-state index in [-0.39, 0.29) is 22.6 Å². The Labute approximate surface area is 144 Å². The lowest BCUT2D eigenvalue weighted by atomic mass is 10.2. The number of aromatic hydroxyl groups is 1. The molecule has 0 saturated carbocycles. The van der Waals surface area contributed by atoms with Crippen molar-refractivity contribution in [3.05, 3.63) is 53.6 Å². The number of hydrazone groups is 1. The molecule has 0 aliphatic rings. The zero-order valence-corrected chi connectivity index (χ0v) is 12.9. The van der Waals surface area contributed by atoms with Crippen LogP contribution in [-0.4, -0.2) is 30.5 Å². The van der Waals surface area contributed by atoms with Gasteiger partial charge in [-0.3, -0.25) is 4.79 Å². The third-order valence-corrected chi connectivity index (χ3v) is 2.94. The number of nitrogens with zero attached hydrogens (tertiary/aromatic N) is 1. The Bertz CT molecular complexity index is 800. The van der Waals surface area contributed by atoms with Crippen molar-refractivity contribution in [3.8, 4) is 17.2 Å². The van der Waals surface area contributed by atoms with E-state index in [2.05, 4.69) is 20.0 Å². The van der Waals surface area contributed by atoms with Crippen molar-refractivity contribution in [2.45, 2.75) is 13.2 Å². The highest BCUT2D eigenvalue weighted by atomic mass is 19.3. The van der Waals surface area contributed by atoms with Crippen LogP contribution in [0.5, 0.6) is 17.2 Å². The number of amides is 1. The minimum Gasteiger partial charge on any atom is -0.507 e. The summed E-state index contributed by atoms with van der Waals surface area (Å²) in [6.07, 6.45) is 0.974. The van der Waals surface area contributed by atoms with Crippen LogP contribution >= 0.6 is 0 Å². The first-order valence-electron chi connectivity index (χ1n) is 7.02. The van der Waals surface area contributed by atoms with Crippen molar-refractivity contribution in [1.29, 1.82) is 0 Å².